The Kier molecular flexibility index (Phi) is 7.19. The van der Waals surface area contributed by atoms with E-state index in [2.05, 4.69) is 0 Å². The Morgan fingerprint density at radius 1 is 1.16 bits per heavy atom. The number of aryl methyl sites for hydroxylation is 1. The summed E-state index contributed by atoms with van der Waals surface area (Å²) in [5.41, 5.74) is 3.44. The van der Waals surface area contributed by atoms with Crippen LogP contribution in [0.2, 0.25) is 0 Å². The van der Waals surface area contributed by atoms with Crippen molar-refractivity contribution in [2.75, 3.05) is 13.2 Å². The van der Waals surface area contributed by atoms with E-state index in [4.69, 9.17) is 9.84 Å². The van der Waals surface area contributed by atoms with Gasteiger partial charge in [-0.2, -0.15) is 0 Å². The van der Waals surface area contributed by atoms with E-state index in [1.54, 1.807) is 18.2 Å². The molecule has 3 rings (SSSR count). The summed E-state index contributed by atoms with van der Waals surface area (Å²) in [6.07, 6.45) is 3.24. The van der Waals surface area contributed by atoms with Crippen LogP contribution >= 0.6 is 11.8 Å². The number of hydrogen-bond acceptors (Lipinski definition) is 6. The summed E-state index contributed by atoms with van der Waals surface area (Å²) >= 11 is 0.788. The largest absolute Gasteiger partial charge is 0.478 e. The molecule has 1 aromatic heterocycles. The van der Waals surface area contributed by atoms with Gasteiger partial charge in [-0.05, 0) is 74.0 Å². The molecule has 2 heterocycles. The smallest absolute Gasteiger partial charge is 0.335 e. The van der Waals surface area contributed by atoms with Gasteiger partial charge in [-0.15, -0.1) is 0 Å². The van der Waals surface area contributed by atoms with Gasteiger partial charge in [0.2, 0.25) is 0 Å². The zero-order valence-electron chi connectivity index (χ0n) is 18.1. The second-order valence-electron chi connectivity index (χ2n) is 7.36. The van der Waals surface area contributed by atoms with Crippen LogP contribution < -0.4 is 0 Å². The third kappa shape index (κ3) is 4.94. The molecule has 0 unspecified atom stereocenters. The lowest BCUT2D eigenvalue weighted by Gasteiger charge is -2.11. The van der Waals surface area contributed by atoms with Gasteiger partial charge in [0.25, 0.3) is 11.1 Å². The highest BCUT2D eigenvalue weighted by Gasteiger charge is 2.36. The van der Waals surface area contributed by atoms with Crippen LogP contribution in [0.4, 0.5) is 4.79 Å². The topological polar surface area (TPSA) is 106 Å². The predicted octanol–water partition coefficient (Wildman–Crippen LogP) is 4.17. The minimum absolute atomic E-state index is 0.193. The molecule has 32 heavy (non-hydrogen) atoms. The molecule has 0 bridgehead atoms. The molecule has 0 spiro atoms. The number of carboxylic acid groups (broad SMARTS) is 1. The molecule has 2 amide bonds. The van der Waals surface area contributed by atoms with Crippen molar-refractivity contribution in [3.05, 3.63) is 57.8 Å². The molecule has 1 aromatic carbocycles. The molecule has 9 heteroatoms. The Hall–Kier alpha value is -3.33. The van der Waals surface area contributed by atoms with Gasteiger partial charge in [0.1, 0.15) is 6.54 Å². The Labute approximate surface area is 189 Å². The number of esters is 1. The van der Waals surface area contributed by atoms with Gasteiger partial charge in [0.05, 0.1) is 17.1 Å². The summed E-state index contributed by atoms with van der Waals surface area (Å²) in [6, 6.07) is 8.37. The number of hydrogen-bond donors (Lipinski definition) is 1. The number of aromatic nitrogens is 1. The monoisotopic (exact) mass is 456 g/mol. The molecule has 1 N–H and O–H groups in total. The minimum Gasteiger partial charge on any atom is -0.478 e. The quantitative estimate of drug-likeness (QED) is 0.361. The maximum Gasteiger partial charge on any atom is 0.335 e. The molecular weight excluding hydrogens is 432 g/mol. The summed E-state index contributed by atoms with van der Waals surface area (Å²) in [4.78, 5) is 49.1. The molecule has 0 saturated carbocycles. The Morgan fingerprint density at radius 3 is 2.47 bits per heavy atom. The second kappa shape index (κ2) is 9.86. The molecule has 1 saturated heterocycles. The predicted molar refractivity (Wildman–Crippen MR) is 121 cm³/mol. The first-order valence-electron chi connectivity index (χ1n) is 10.2. The number of amides is 2. The SMILES string of the molecule is CCCCOC(=O)CN1C(=O)S/C(=C/c2cc(C)n(-c3ccc(C(=O)O)cc3)c2C)C1=O. The van der Waals surface area contributed by atoms with E-state index in [9.17, 15) is 19.2 Å². The van der Waals surface area contributed by atoms with Crippen LogP contribution in [-0.2, 0) is 14.3 Å². The fourth-order valence-electron chi connectivity index (χ4n) is 3.37. The molecule has 0 aliphatic carbocycles. The molecule has 0 radical (unpaired) electrons. The van der Waals surface area contributed by atoms with Crippen molar-refractivity contribution < 1.29 is 29.0 Å². The maximum atomic E-state index is 12.7. The number of aromatic carboxylic acids is 1. The van der Waals surface area contributed by atoms with Crippen molar-refractivity contribution >= 4 is 40.9 Å². The van der Waals surface area contributed by atoms with Crippen LogP contribution in [0.1, 0.15) is 47.1 Å². The lowest BCUT2D eigenvalue weighted by atomic mass is 10.2. The summed E-state index contributed by atoms with van der Waals surface area (Å²) in [5.74, 6) is -2.13. The molecular formula is C23H24N2O6S. The van der Waals surface area contributed by atoms with Gasteiger partial charge in [0, 0.05) is 17.1 Å². The van der Waals surface area contributed by atoms with E-state index in [0.29, 0.717) is 0 Å². The Morgan fingerprint density at radius 2 is 1.84 bits per heavy atom. The zero-order valence-corrected chi connectivity index (χ0v) is 18.9. The van der Waals surface area contributed by atoms with E-state index in [1.807, 2.05) is 31.4 Å². The van der Waals surface area contributed by atoms with Crippen molar-refractivity contribution in [2.24, 2.45) is 0 Å². The third-order valence-corrected chi connectivity index (χ3v) is 5.96. The minimum atomic E-state index is -0.997. The number of benzene rings is 1. The lowest BCUT2D eigenvalue weighted by Crippen LogP contribution is -2.34. The van der Waals surface area contributed by atoms with Crippen molar-refractivity contribution in [3.63, 3.8) is 0 Å². The lowest BCUT2D eigenvalue weighted by molar-refractivity contribution is -0.146. The number of imide groups is 1. The van der Waals surface area contributed by atoms with Gasteiger partial charge >= 0.3 is 11.9 Å². The number of ether oxygens (including phenoxy) is 1. The summed E-state index contributed by atoms with van der Waals surface area (Å²) in [6.45, 7) is 5.60. The van der Waals surface area contributed by atoms with Crippen LogP contribution in [0.15, 0.2) is 35.2 Å². The maximum absolute atomic E-state index is 12.7. The van der Waals surface area contributed by atoms with Crippen LogP contribution in [0.5, 0.6) is 0 Å². The number of thioether (sulfide) groups is 1. The van der Waals surface area contributed by atoms with E-state index in [-0.39, 0.29) is 17.1 Å². The molecule has 1 fully saturated rings. The van der Waals surface area contributed by atoms with Crippen molar-refractivity contribution in [3.8, 4) is 5.69 Å². The van der Waals surface area contributed by atoms with Crippen molar-refractivity contribution in [2.45, 2.75) is 33.6 Å². The number of carboxylic acids is 1. The van der Waals surface area contributed by atoms with E-state index in [1.165, 1.54) is 12.1 Å². The van der Waals surface area contributed by atoms with Gasteiger partial charge in [-0.25, -0.2) is 4.79 Å². The average molecular weight is 457 g/mol. The number of carbonyl (C=O) groups excluding carboxylic acids is 3. The van der Waals surface area contributed by atoms with E-state index >= 15 is 0 Å². The van der Waals surface area contributed by atoms with E-state index in [0.717, 1.165) is 52.1 Å². The highest BCUT2D eigenvalue weighted by molar-refractivity contribution is 8.18. The average Bonchev–Trinajstić information content (AvgIpc) is 3.17. The van der Waals surface area contributed by atoms with Gasteiger partial charge in [-0.3, -0.25) is 19.3 Å². The highest BCUT2D eigenvalue weighted by Crippen LogP contribution is 2.33. The molecule has 168 valence electrons. The molecule has 0 atom stereocenters. The fourth-order valence-corrected chi connectivity index (χ4v) is 4.20. The van der Waals surface area contributed by atoms with Crippen LogP contribution in [0.25, 0.3) is 11.8 Å². The third-order valence-electron chi connectivity index (χ3n) is 5.05. The zero-order chi connectivity index (χ0) is 23.4. The molecule has 8 nitrogen and oxygen atoms in total. The fraction of sp³-hybridized carbons (Fsp3) is 0.304. The van der Waals surface area contributed by atoms with Crippen LogP contribution in [0.3, 0.4) is 0 Å². The normalized spacial score (nSPS) is 15.0. The number of rotatable bonds is 8. The molecule has 1 aliphatic heterocycles. The van der Waals surface area contributed by atoms with Gasteiger partial charge in [-0.1, -0.05) is 13.3 Å². The molecule has 2 aromatic rings. The summed E-state index contributed by atoms with van der Waals surface area (Å²) < 4.78 is 6.99. The van der Waals surface area contributed by atoms with E-state index < -0.39 is 29.6 Å². The summed E-state index contributed by atoms with van der Waals surface area (Å²) in [5, 5.41) is 8.58. The summed E-state index contributed by atoms with van der Waals surface area (Å²) in [7, 11) is 0. The van der Waals surface area contributed by atoms with Crippen molar-refractivity contribution in [1.29, 1.82) is 0 Å². The molecule has 1 aliphatic rings. The number of nitrogens with zero attached hydrogens (tertiary/aromatic N) is 2. The Balaban J connectivity index is 1.81. The van der Waals surface area contributed by atoms with Gasteiger partial charge in [0.15, 0.2) is 0 Å². The van der Waals surface area contributed by atoms with Crippen LogP contribution in [0, 0.1) is 13.8 Å². The first-order chi connectivity index (χ1) is 15.2. The first-order valence-corrected chi connectivity index (χ1v) is 11.0. The Bertz CT molecular complexity index is 1100. The second-order valence-corrected chi connectivity index (χ2v) is 8.35. The number of carbonyl (C=O) groups is 4. The van der Waals surface area contributed by atoms with Crippen molar-refractivity contribution in [1.82, 2.24) is 9.47 Å². The standard InChI is InChI=1S/C23H24N2O6S/c1-4-5-10-31-20(26)13-24-21(27)19(32-23(24)30)12-17-11-14(2)25(15(17)3)18-8-6-16(7-9-18)22(28)29/h6-9,11-12H,4-5,10,13H2,1-3H3,(H,28,29)/b19-12+. The highest BCUT2D eigenvalue weighted by atomic mass is 32.2. The first kappa shape index (κ1) is 23.3. The van der Waals surface area contributed by atoms with Gasteiger partial charge < -0.3 is 14.4 Å². The van der Waals surface area contributed by atoms with Crippen LogP contribution in [-0.4, -0.2) is 50.8 Å². The number of unbranched alkanes of at least 4 members (excludes halogenated alkanes) is 1.